The maximum absolute atomic E-state index is 13.8. The number of halogens is 6. The second-order valence-electron chi connectivity index (χ2n) is 9.12. The smallest absolute Gasteiger partial charge is 0.416 e. The number of alkyl halides is 6. The van der Waals surface area contributed by atoms with Crippen molar-refractivity contribution < 1.29 is 41.0 Å². The number of nitrogens with one attached hydrogen (secondary N) is 1. The van der Waals surface area contributed by atoms with Crippen molar-refractivity contribution in [2.24, 2.45) is 5.92 Å². The molecule has 6 nitrogen and oxygen atoms in total. The topological polar surface area (TPSA) is 74.7 Å². The maximum atomic E-state index is 13.8. The summed E-state index contributed by atoms with van der Waals surface area (Å²) in [7, 11) is 0. The molecule has 210 valence electrons. The molecule has 2 N–H and O–H groups in total. The van der Waals surface area contributed by atoms with E-state index in [1.807, 2.05) is 6.07 Å². The Morgan fingerprint density at radius 1 is 1.23 bits per heavy atom. The van der Waals surface area contributed by atoms with Crippen LogP contribution in [0.3, 0.4) is 0 Å². The summed E-state index contributed by atoms with van der Waals surface area (Å²) in [4.78, 5) is 17.5. The van der Waals surface area contributed by atoms with E-state index in [4.69, 9.17) is 4.74 Å². The zero-order valence-corrected chi connectivity index (χ0v) is 21.5. The van der Waals surface area contributed by atoms with Crippen LogP contribution in [0.25, 0.3) is 10.2 Å². The summed E-state index contributed by atoms with van der Waals surface area (Å²) < 4.78 is 87.5. The first kappa shape index (κ1) is 28.5. The fourth-order valence-corrected chi connectivity index (χ4v) is 5.24. The standard InChI is InChI=1S/C26H25F6N3O3S/c1-15-19(23(36)37)12-18(13-33-15)38-10-4-9-35(24-34-21-5-2-3-6-22(21)39-24)14-16-7-8-17(25(27,28)29)11-20(16)26(30,31)32/h2-3,5-7,11-13,15,17,33H,4,8-10,14H2,1H3,(H,36,37). The Bertz CT molecular complexity index is 1310. The lowest BCUT2D eigenvalue weighted by Gasteiger charge is -2.29. The van der Waals surface area contributed by atoms with E-state index in [2.05, 4.69) is 10.3 Å². The zero-order chi connectivity index (χ0) is 28.4. The highest BCUT2D eigenvalue weighted by atomic mass is 32.1. The summed E-state index contributed by atoms with van der Waals surface area (Å²) in [5.74, 6) is -2.99. The first-order valence-corrected chi connectivity index (χ1v) is 12.8. The van der Waals surface area contributed by atoms with Gasteiger partial charge in [0.2, 0.25) is 0 Å². The number of thiazole rings is 1. The second kappa shape index (κ2) is 11.3. The molecule has 39 heavy (non-hydrogen) atoms. The molecule has 1 aliphatic heterocycles. The van der Waals surface area contributed by atoms with Crippen molar-refractivity contribution in [3.05, 3.63) is 71.2 Å². The number of aliphatic carboxylic acids is 1. The van der Waals surface area contributed by atoms with E-state index < -0.39 is 42.3 Å². The molecule has 2 aliphatic rings. The van der Waals surface area contributed by atoms with Gasteiger partial charge in [0.15, 0.2) is 5.13 Å². The van der Waals surface area contributed by atoms with Gasteiger partial charge in [-0.25, -0.2) is 9.78 Å². The van der Waals surface area contributed by atoms with Crippen molar-refractivity contribution in [3.8, 4) is 0 Å². The highest BCUT2D eigenvalue weighted by Gasteiger charge is 2.45. The molecule has 0 spiro atoms. The number of allylic oxidation sites excluding steroid dienone is 3. The van der Waals surface area contributed by atoms with Crippen molar-refractivity contribution in [1.82, 2.24) is 10.3 Å². The van der Waals surface area contributed by atoms with Crippen LogP contribution in [-0.2, 0) is 9.53 Å². The van der Waals surface area contributed by atoms with Crippen molar-refractivity contribution >= 4 is 32.7 Å². The highest BCUT2D eigenvalue weighted by molar-refractivity contribution is 7.22. The monoisotopic (exact) mass is 573 g/mol. The Labute approximate surface area is 224 Å². The van der Waals surface area contributed by atoms with Gasteiger partial charge in [-0.1, -0.05) is 35.6 Å². The number of carboxylic acid groups (broad SMARTS) is 1. The number of para-hydroxylation sites is 1. The molecule has 1 aromatic carbocycles. The number of hydrogen-bond donors (Lipinski definition) is 2. The molecule has 0 bridgehead atoms. The lowest BCUT2D eigenvalue weighted by molar-refractivity contribution is -0.162. The van der Waals surface area contributed by atoms with E-state index >= 15 is 0 Å². The van der Waals surface area contributed by atoms with E-state index in [-0.39, 0.29) is 36.9 Å². The van der Waals surface area contributed by atoms with Crippen LogP contribution in [0.1, 0.15) is 19.8 Å². The van der Waals surface area contributed by atoms with Gasteiger partial charge in [0.1, 0.15) is 5.76 Å². The molecular formula is C26H25F6N3O3S. The fraction of sp³-hybridized carbons (Fsp3) is 0.385. The van der Waals surface area contributed by atoms with Crippen LogP contribution in [0.4, 0.5) is 31.5 Å². The Balaban J connectivity index is 1.52. The summed E-state index contributed by atoms with van der Waals surface area (Å²) in [5.41, 5.74) is -0.766. The number of benzene rings is 1. The van der Waals surface area contributed by atoms with Crippen molar-refractivity contribution in [1.29, 1.82) is 0 Å². The number of ether oxygens (including phenoxy) is 1. The molecule has 0 radical (unpaired) electrons. The number of carboxylic acids is 1. The molecule has 1 aliphatic carbocycles. The number of hydrogen-bond acceptors (Lipinski definition) is 6. The SMILES string of the molecule is CC1NC=C(OCCCN(CC2=CCC(C(F)(F)F)C=C2C(F)(F)F)c2nc3ccccc3s2)C=C1C(=O)O. The molecule has 13 heteroatoms. The molecule has 2 unspecified atom stereocenters. The Hall–Kier alpha value is -3.48. The van der Waals surface area contributed by atoms with Gasteiger partial charge in [-0.2, -0.15) is 26.3 Å². The van der Waals surface area contributed by atoms with E-state index in [1.54, 1.807) is 30.0 Å². The van der Waals surface area contributed by atoms with Crippen LogP contribution in [0.2, 0.25) is 0 Å². The number of aromatic nitrogens is 1. The van der Waals surface area contributed by atoms with Crippen LogP contribution >= 0.6 is 11.3 Å². The van der Waals surface area contributed by atoms with Crippen molar-refractivity contribution in [2.75, 3.05) is 24.6 Å². The predicted octanol–water partition coefficient (Wildman–Crippen LogP) is 6.35. The predicted molar refractivity (Wildman–Crippen MR) is 135 cm³/mol. The molecule has 2 heterocycles. The van der Waals surface area contributed by atoms with E-state index in [9.17, 15) is 36.2 Å². The van der Waals surface area contributed by atoms with Crippen LogP contribution in [0.5, 0.6) is 0 Å². The first-order chi connectivity index (χ1) is 18.3. The van der Waals surface area contributed by atoms with Gasteiger partial charge in [0, 0.05) is 19.3 Å². The molecule has 0 amide bonds. The van der Waals surface area contributed by atoms with E-state index in [0.717, 1.165) is 10.8 Å². The van der Waals surface area contributed by atoms with Crippen LogP contribution in [0, 0.1) is 5.92 Å². The van der Waals surface area contributed by atoms with Gasteiger partial charge in [-0.15, -0.1) is 0 Å². The molecule has 1 aromatic heterocycles. The van der Waals surface area contributed by atoms with Crippen LogP contribution < -0.4 is 10.2 Å². The summed E-state index contributed by atoms with van der Waals surface area (Å²) in [5, 5.41) is 12.6. The van der Waals surface area contributed by atoms with Crippen LogP contribution in [0.15, 0.2) is 71.2 Å². The summed E-state index contributed by atoms with van der Waals surface area (Å²) >= 11 is 1.27. The Kier molecular flexibility index (Phi) is 8.28. The minimum absolute atomic E-state index is 0.115. The number of rotatable bonds is 9. The molecule has 0 saturated heterocycles. The third-order valence-electron chi connectivity index (χ3n) is 6.30. The molecule has 2 aromatic rings. The van der Waals surface area contributed by atoms with Gasteiger partial charge in [-0.3, -0.25) is 0 Å². The number of carbonyl (C=O) groups is 1. The van der Waals surface area contributed by atoms with Gasteiger partial charge in [-0.05, 0) is 43.5 Å². The summed E-state index contributed by atoms with van der Waals surface area (Å²) in [6.45, 7) is 1.70. The largest absolute Gasteiger partial charge is 0.492 e. The minimum Gasteiger partial charge on any atom is -0.492 e. The molecule has 0 fully saturated rings. The lowest BCUT2D eigenvalue weighted by Crippen LogP contribution is -2.33. The normalized spacial score (nSPS) is 20.0. The first-order valence-electron chi connectivity index (χ1n) is 12.0. The van der Waals surface area contributed by atoms with Crippen molar-refractivity contribution in [2.45, 2.75) is 38.2 Å². The fourth-order valence-electron chi connectivity index (χ4n) is 4.25. The number of fused-ring (bicyclic) bond motifs is 1. The van der Waals surface area contributed by atoms with E-state index in [0.29, 0.717) is 22.8 Å². The molecule has 2 atom stereocenters. The molecular weight excluding hydrogens is 548 g/mol. The molecule has 0 saturated carbocycles. The highest BCUT2D eigenvalue weighted by Crippen LogP contribution is 2.42. The molecule has 4 rings (SSSR count). The van der Waals surface area contributed by atoms with Gasteiger partial charge >= 0.3 is 18.3 Å². The third kappa shape index (κ3) is 6.94. The number of nitrogens with zero attached hydrogens (tertiary/aromatic N) is 2. The Morgan fingerprint density at radius 2 is 1.97 bits per heavy atom. The maximum Gasteiger partial charge on any atom is 0.416 e. The zero-order valence-electron chi connectivity index (χ0n) is 20.6. The van der Waals surface area contributed by atoms with E-state index in [1.165, 1.54) is 23.6 Å². The lowest BCUT2D eigenvalue weighted by atomic mass is 9.89. The average molecular weight is 574 g/mol. The van der Waals surface area contributed by atoms with Gasteiger partial charge in [0.05, 0.1) is 39.9 Å². The average Bonchev–Trinajstić information content (AvgIpc) is 3.29. The quantitative estimate of drug-likeness (QED) is 0.269. The number of anilines is 1. The summed E-state index contributed by atoms with van der Waals surface area (Å²) in [6, 6.07) is 6.77. The van der Waals surface area contributed by atoms with Crippen molar-refractivity contribution in [3.63, 3.8) is 0 Å². The minimum atomic E-state index is -4.95. The Morgan fingerprint density at radius 3 is 2.64 bits per heavy atom. The third-order valence-corrected chi connectivity index (χ3v) is 7.40. The van der Waals surface area contributed by atoms with Crippen LogP contribution in [-0.4, -0.2) is 54.2 Å². The van der Waals surface area contributed by atoms with Gasteiger partial charge < -0.3 is 20.1 Å². The van der Waals surface area contributed by atoms with Gasteiger partial charge in [0.25, 0.3) is 0 Å². The second-order valence-corrected chi connectivity index (χ2v) is 10.1. The number of dihydropyridines is 1. The summed E-state index contributed by atoms with van der Waals surface area (Å²) in [6.07, 6.45) is -5.77.